The summed E-state index contributed by atoms with van der Waals surface area (Å²) in [5, 5.41) is 20.6. The van der Waals surface area contributed by atoms with Crippen LogP contribution in [-0.2, 0) is 38.1 Å². The largest absolute Gasteiger partial charge is 1.00 e. The van der Waals surface area contributed by atoms with E-state index in [4.69, 9.17) is 18.9 Å². The summed E-state index contributed by atoms with van der Waals surface area (Å²) in [4.78, 5) is 80.5. The minimum absolute atomic E-state index is 0. The number of likely N-dealkylation sites (tertiary alicyclic amines) is 1. The fourth-order valence-corrected chi connectivity index (χ4v) is 18.0. The predicted molar refractivity (Wildman–Crippen MR) is 509 cm³/mol. The average Bonchev–Trinajstić information content (AvgIpc) is 1.59. The first-order valence-electron chi connectivity index (χ1n) is 44.5. The molecular formula is C108H144BrIN4O12. The molecule has 4 saturated heterocycles. The van der Waals surface area contributed by atoms with Crippen LogP contribution in [0.15, 0.2) is 282 Å². The van der Waals surface area contributed by atoms with Crippen molar-refractivity contribution in [2.24, 2.45) is 21.7 Å². The normalized spacial score (nSPS) is 25.7. The molecule has 4 aliphatic carbocycles. The van der Waals surface area contributed by atoms with Gasteiger partial charge in [-0.25, -0.2) is 9.59 Å². The monoisotopic (exact) mass is 1890 g/mol. The Bertz CT molecular complexity index is 4790. The Balaban J connectivity index is 0.000000260. The van der Waals surface area contributed by atoms with Crippen molar-refractivity contribution in [2.75, 3.05) is 53.2 Å². The molecule has 682 valence electrons. The summed E-state index contributed by atoms with van der Waals surface area (Å²) in [5.41, 5.74) is 15.8. The number of hydrogen-bond donors (Lipinski definition) is 2. The van der Waals surface area contributed by atoms with Gasteiger partial charge >= 0.3 is 23.9 Å². The maximum atomic E-state index is 13.1. The first kappa shape index (κ1) is 106. The maximum Gasteiger partial charge on any atom is 0.338 e. The maximum absolute atomic E-state index is 13.1. The number of esters is 4. The van der Waals surface area contributed by atoms with Crippen molar-refractivity contribution in [3.05, 3.63) is 293 Å². The van der Waals surface area contributed by atoms with Gasteiger partial charge in [-0.15, -0.1) is 0 Å². The molecule has 18 heteroatoms. The van der Waals surface area contributed by atoms with Crippen LogP contribution in [0.25, 0.3) is 0 Å². The highest BCUT2D eigenvalue weighted by atomic mass is 127. The Labute approximate surface area is 782 Å². The SMILES string of the molecule is C=C1C=C[C@@H](O)CC12CC(=O)N(CCCC)[C@@H]2/C=C(\C)CCC=C(C)C.C=C1C=C[C@@H](O)CC12CC(=O)N(c1ccccc1)[C@@H]2/C=C(\C)CCC=C(C)C.C=C1C=C[C@@H](OC(=O)c2ccc([N+](C)(C)C)cc2)CC12CC(=O)O[C@@H]2/C=C(\C)CCC=C(C)C.C=CC[N+](C)(C)c1ccc(C(=O)O[C@@H]2C=CC(=C)C3(CC(=O)O[C@@H]3/C=C(\C)CCC=C(C)C)C2)cc1.[Br-].[I-]. The second-order valence-corrected chi connectivity index (χ2v) is 38.1. The van der Waals surface area contributed by atoms with Gasteiger partial charge in [0.15, 0.2) is 0 Å². The summed E-state index contributed by atoms with van der Waals surface area (Å²) in [5.74, 6) is -0.959. The number of anilines is 1. The number of carbonyl (C=O) groups excluding carboxylic acids is 6. The summed E-state index contributed by atoms with van der Waals surface area (Å²) < 4.78 is 24.5. The van der Waals surface area contributed by atoms with Crippen LogP contribution in [0.1, 0.15) is 226 Å². The third kappa shape index (κ3) is 28.1. The van der Waals surface area contributed by atoms with Crippen molar-refractivity contribution in [3.63, 3.8) is 0 Å². The third-order valence-corrected chi connectivity index (χ3v) is 25.4. The van der Waals surface area contributed by atoms with E-state index in [0.717, 1.165) is 117 Å². The first-order valence-corrected chi connectivity index (χ1v) is 44.5. The van der Waals surface area contributed by atoms with Crippen molar-refractivity contribution < 1.29 is 98.9 Å². The van der Waals surface area contributed by atoms with Gasteiger partial charge < -0.3 is 79.9 Å². The molecule has 3 aromatic rings. The summed E-state index contributed by atoms with van der Waals surface area (Å²) in [6.45, 7) is 49.8. The molecule has 8 aliphatic rings. The van der Waals surface area contributed by atoms with Crippen LogP contribution in [0.2, 0.25) is 0 Å². The number of hydrogen-bond acceptors (Lipinski definition) is 12. The molecule has 4 fully saturated rings. The number of aliphatic hydroxyl groups excluding tert-OH is 2. The van der Waals surface area contributed by atoms with Gasteiger partial charge in [0.1, 0.15) is 42.3 Å². The van der Waals surface area contributed by atoms with Gasteiger partial charge in [-0.05, 0) is 267 Å². The lowest BCUT2D eigenvalue weighted by Crippen LogP contribution is -3.00. The van der Waals surface area contributed by atoms with Crippen LogP contribution in [0.5, 0.6) is 0 Å². The van der Waals surface area contributed by atoms with E-state index in [-0.39, 0.29) is 107 Å². The summed E-state index contributed by atoms with van der Waals surface area (Å²) in [7, 11) is 10.4. The van der Waals surface area contributed by atoms with E-state index >= 15 is 0 Å². The number of likely N-dealkylation sites (N-methyl/N-ethyl adjacent to an activating group) is 1. The highest BCUT2D eigenvalue weighted by molar-refractivity contribution is 5.99. The molecule has 126 heavy (non-hydrogen) atoms. The molecule has 4 aliphatic heterocycles. The predicted octanol–water partition coefficient (Wildman–Crippen LogP) is 16.7. The number of ether oxygens (including phenoxy) is 4. The number of quaternary nitrogens is 2. The molecular weight excluding hydrogens is 1750 g/mol. The van der Waals surface area contributed by atoms with Crippen LogP contribution in [-0.4, -0.2) is 148 Å². The van der Waals surface area contributed by atoms with Gasteiger partial charge in [-0.1, -0.05) is 182 Å². The van der Waals surface area contributed by atoms with Gasteiger partial charge in [-0.2, -0.15) is 0 Å². The molecule has 0 bridgehead atoms. The number of halogens is 2. The van der Waals surface area contributed by atoms with E-state index < -0.39 is 52.9 Å². The lowest BCUT2D eigenvalue weighted by atomic mass is 9.67. The standard InChI is InChI=1S/C31H40NO4.C29H38NO4.C25H31NO2.C23H35NO2.BrH.HI/c1-8-18-32(6,7)26-15-13-25(14-16-26)30(34)35-27-17-12-24(5)31(20-27)21-29(33)36-28(31)19-23(4)11-9-10-22(2)3;1-20(2)9-8-10-21(3)17-26-29(19-27(31)34-26)18-25(16-11-22(29)4)33-28(32)23-12-14-24(15-13-23)30(5,6)7;1-18(2)9-8-10-19(3)15-23-25(16-22(27)14-13-20(25)4)17-24(28)26(23)21-11-6-5-7-12-21;1-6-7-13-24-21(14-18(4)10-8-9-17(2)3)23(16-22(24)26)15-20(25)12-11-19(23)5;;/h8,10,12-17,19,27-28H,1,5,9,11,18,20-21H2,2-4,6-7H3;9,11-17,25-26H,4,8,10,18-19H2,1-3,5-7H3;5-7,9,11-15,22-23,27H,4,8,10,16-17H2,1-3H3;9,11-12,14,20-21,25H,5-8,10,13,15-16H2,1-4H3;2*1H/q2*+1;;;;/p-2/b23-19+;21-17+;19-15+;18-14+;;/t27-,28-,31?;25-,26-,29?;22-,23-,25?;20-,21-,23?;;/m1111../s1. The number of allylic oxidation sites excluding steroid dienone is 16. The number of para-hydroxylation sites is 1. The molecule has 12 atom stereocenters. The molecule has 2 amide bonds. The first-order chi connectivity index (χ1) is 58.5. The van der Waals surface area contributed by atoms with Crippen LogP contribution in [0, 0.1) is 21.7 Å². The Kier molecular flexibility index (Phi) is 39.9. The van der Waals surface area contributed by atoms with Gasteiger partial charge in [0.2, 0.25) is 11.8 Å². The quantitative estimate of drug-likeness (QED) is 0.0231. The summed E-state index contributed by atoms with van der Waals surface area (Å²) in [6, 6.07) is 24.7. The van der Waals surface area contributed by atoms with Crippen LogP contribution < -0.4 is 54.8 Å². The minimum atomic E-state index is -0.607. The number of benzene rings is 3. The van der Waals surface area contributed by atoms with Crippen LogP contribution in [0.4, 0.5) is 17.1 Å². The minimum Gasteiger partial charge on any atom is -1.00 e. The second-order valence-electron chi connectivity index (χ2n) is 38.1. The molecule has 0 saturated carbocycles. The van der Waals surface area contributed by atoms with Crippen molar-refractivity contribution in [1.82, 2.24) is 13.9 Å². The molecule has 0 aromatic heterocycles. The van der Waals surface area contributed by atoms with Crippen LogP contribution >= 0.6 is 0 Å². The number of nitrogens with zero attached hydrogens (tertiary/aromatic N) is 4. The molecule has 11 rings (SSSR count). The van der Waals surface area contributed by atoms with E-state index in [1.807, 2.05) is 107 Å². The van der Waals surface area contributed by atoms with E-state index in [0.29, 0.717) is 58.6 Å². The molecule has 2 N–H and O–H groups in total. The Morgan fingerprint density at radius 2 is 0.849 bits per heavy atom. The molecule has 0 radical (unpaired) electrons. The molecule has 4 spiro atoms. The van der Waals surface area contributed by atoms with E-state index in [1.165, 1.54) is 44.6 Å². The summed E-state index contributed by atoms with van der Waals surface area (Å²) >= 11 is 0. The topological polar surface area (TPSA) is 186 Å². The fourth-order valence-electron chi connectivity index (χ4n) is 18.0. The van der Waals surface area contributed by atoms with Gasteiger partial charge in [-0.3, -0.25) is 28.1 Å². The zero-order valence-electron chi connectivity index (χ0n) is 78.6. The highest BCUT2D eigenvalue weighted by Gasteiger charge is 2.57. The van der Waals surface area contributed by atoms with E-state index in [1.54, 1.807) is 36.4 Å². The number of aliphatic hydroxyl groups is 2. The number of amides is 2. The average molecular weight is 1900 g/mol. The lowest BCUT2D eigenvalue weighted by molar-refractivity contribution is -0.141. The lowest BCUT2D eigenvalue weighted by Gasteiger charge is -2.40. The van der Waals surface area contributed by atoms with Gasteiger partial charge in [0, 0.05) is 59.6 Å². The Morgan fingerprint density at radius 1 is 0.484 bits per heavy atom. The van der Waals surface area contributed by atoms with E-state index in [2.05, 4.69) is 207 Å². The number of unbranched alkanes of at least 4 members (excludes halogenated alkanes) is 1. The fraction of sp³-hybridized carbons (Fsp3) is 0.463. The zero-order valence-corrected chi connectivity index (χ0v) is 82.4. The molecule has 4 unspecified atom stereocenters. The smallest absolute Gasteiger partial charge is 0.338 e. The molecule has 3 aromatic carbocycles. The van der Waals surface area contributed by atoms with Crippen molar-refractivity contribution in [2.45, 2.75) is 254 Å². The number of carbonyl (C=O) groups is 6. The van der Waals surface area contributed by atoms with Gasteiger partial charge in [0.25, 0.3) is 0 Å². The summed E-state index contributed by atoms with van der Waals surface area (Å²) in [6.07, 6.45) is 44.6. The zero-order chi connectivity index (χ0) is 91.2. The van der Waals surface area contributed by atoms with Gasteiger partial charge in [0.05, 0.1) is 83.5 Å². The third-order valence-electron chi connectivity index (χ3n) is 25.4. The Hall–Kier alpha value is -8.89. The van der Waals surface area contributed by atoms with Crippen LogP contribution in [0.3, 0.4) is 0 Å². The highest BCUT2D eigenvalue weighted by Crippen LogP contribution is 2.55. The number of cyclic esters (lactones) is 2. The van der Waals surface area contributed by atoms with Crippen molar-refractivity contribution in [3.8, 4) is 0 Å². The van der Waals surface area contributed by atoms with E-state index in [9.17, 15) is 39.0 Å². The molecule has 16 nitrogen and oxygen atoms in total. The Morgan fingerprint density at radius 3 is 1.24 bits per heavy atom. The molecule has 4 heterocycles. The van der Waals surface area contributed by atoms with Crippen molar-refractivity contribution >= 4 is 52.8 Å². The van der Waals surface area contributed by atoms with Crippen molar-refractivity contribution in [1.29, 1.82) is 0 Å². The number of rotatable bonds is 28. The second kappa shape index (κ2) is 47.4.